The van der Waals surface area contributed by atoms with Crippen LogP contribution in [-0.2, 0) is 10.4 Å². The highest BCUT2D eigenvalue weighted by Crippen LogP contribution is 2.31. The molecular weight excluding hydrogens is 220 g/mol. The minimum absolute atomic E-state index is 0.189. The number of carboxylic acid groups (broad SMARTS) is 1. The van der Waals surface area contributed by atoms with Gasteiger partial charge in [0, 0.05) is 0 Å². The van der Waals surface area contributed by atoms with Gasteiger partial charge in [-0.15, -0.1) is 0 Å². The first-order valence-corrected chi connectivity index (χ1v) is 5.45. The molecule has 0 aromatic heterocycles. The van der Waals surface area contributed by atoms with E-state index in [2.05, 4.69) is 0 Å². The van der Waals surface area contributed by atoms with Crippen molar-refractivity contribution in [3.63, 3.8) is 0 Å². The zero-order valence-electron chi connectivity index (χ0n) is 10.5. The first-order valence-electron chi connectivity index (χ1n) is 5.45. The lowest BCUT2D eigenvalue weighted by atomic mass is 9.91. The summed E-state index contributed by atoms with van der Waals surface area (Å²) in [5, 5.41) is 18.9. The van der Waals surface area contributed by atoms with Gasteiger partial charge in [0.25, 0.3) is 0 Å². The fraction of sp³-hybridized carbons (Fsp3) is 0.462. The number of carboxylic acids is 1. The molecule has 4 nitrogen and oxygen atoms in total. The van der Waals surface area contributed by atoms with E-state index in [1.165, 1.54) is 6.92 Å². The molecule has 0 saturated heterocycles. The Labute approximate surface area is 101 Å². The minimum Gasteiger partial charge on any atom is -0.496 e. The van der Waals surface area contributed by atoms with Crippen LogP contribution >= 0.6 is 0 Å². The van der Waals surface area contributed by atoms with Gasteiger partial charge in [-0.1, -0.05) is 19.9 Å². The maximum atomic E-state index is 11.0. The molecule has 0 aliphatic rings. The third-order valence-corrected chi connectivity index (χ3v) is 2.83. The van der Waals surface area contributed by atoms with Crippen LogP contribution in [0.5, 0.6) is 5.75 Å². The summed E-state index contributed by atoms with van der Waals surface area (Å²) in [6.07, 6.45) is 0. The molecule has 1 rings (SSSR count). The maximum Gasteiger partial charge on any atom is 0.340 e. The Morgan fingerprint density at radius 3 is 2.41 bits per heavy atom. The van der Waals surface area contributed by atoms with E-state index in [1.54, 1.807) is 25.3 Å². The number of aliphatic carboxylic acids is 1. The van der Waals surface area contributed by atoms with E-state index in [0.717, 1.165) is 5.56 Å². The van der Waals surface area contributed by atoms with Crippen LogP contribution in [0, 0.1) is 0 Å². The van der Waals surface area contributed by atoms with Gasteiger partial charge in [-0.3, -0.25) is 0 Å². The number of benzene rings is 1. The van der Waals surface area contributed by atoms with Crippen molar-refractivity contribution in [1.29, 1.82) is 0 Å². The number of ether oxygens (including phenoxy) is 1. The molecule has 4 heteroatoms. The van der Waals surface area contributed by atoms with E-state index < -0.39 is 11.6 Å². The minimum atomic E-state index is -1.88. The summed E-state index contributed by atoms with van der Waals surface area (Å²) in [5.74, 6) is -0.378. The lowest BCUT2D eigenvalue weighted by Gasteiger charge is -2.21. The highest BCUT2D eigenvalue weighted by molar-refractivity contribution is 5.78. The average molecular weight is 238 g/mol. The van der Waals surface area contributed by atoms with E-state index >= 15 is 0 Å². The number of carbonyl (C=O) groups is 1. The van der Waals surface area contributed by atoms with Crippen LogP contribution in [0.4, 0.5) is 0 Å². The molecule has 2 N–H and O–H groups in total. The Balaban J connectivity index is 3.30. The van der Waals surface area contributed by atoms with Gasteiger partial charge in [-0.2, -0.15) is 0 Å². The molecule has 1 atom stereocenters. The van der Waals surface area contributed by atoms with Gasteiger partial charge < -0.3 is 14.9 Å². The molecule has 94 valence electrons. The fourth-order valence-electron chi connectivity index (χ4n) is 1.61. The molecule has 0 spiro atoms. The lowest BCUT2D eigenvalue weighted by molar-refractivity contribution is -0.157. The second kappa shape index (κ2) is 4.75. The molecule has 0 fully saturated rings. The summed E-state index contributed by atoms with van der Waals surface area (Å²) in [6, 6.07) is 4.93. The van der Waals surface area contributed by atoms with Crippen LogP contribution in [-0.4, -0.2) is 23.3 Å². The van der Waals surface area contributed by atoms with Crippen molar-refractivity contribution in [2.24, 2.45) is 0 Å². The topological polar surface area (TPSA) is 66.8 Å². The number of methoxy groups -OCH3 is 1. The van der Waals surface area contributed by atoms with Crippen LogP contribution in [0.15, 0.2) is 18.2 Å². The zero-order valence-corrected chi connectivity index (χ0v) is 10.5. The third-order valence-electron chi connectivity index (χ3n) is 2.83. The van der Waals surface area contributed by atoms with Crippen molar-refractivity contribution < 1.29 is 19.7 Å². The first kappa shape index (κ1) is 13.5. The number of rotatable bonds is 4. The zero-order chi connectivity index (χ0) is 13.2. The number of aliphatic hydroxyl groups is 1. The summed E-state index contributed by atoms with van der Waals surface area (Å²) in [5.41, 5.74) is -0.642. The van der Waals surface area contributed by atoms with Gasteiger partial charge in [0.05, 0.1) is 7.11 Å². The molecule has 0 radical (unpaired) electrons. The van der Waals surface area contributed by atoms with Crippen LogP contribution in [0.3, 0.4) is 0 Å². The maximum absolute atomic E-state index is 11.0. The molecule has 0 amide bonds. The highest BCUT2D eigenvalue weighted by atomic mass is 16.5. The van der Waals surface area contributed by atoms with Gasteiger partial charge in [-0.05, 0) is 36.1 Å². The normalized spacial score (nSPS) is 14.5. The first-order chi connectivity index (χ1) is 7.80. The Morgan fingerprint density at radius 2 is 2.00 bits per heavy atom. The van der Waals surface area contributed by atoms with Crippen LogP contribution in [0.2, 0.25) is 0 Å². The average Bonchev–Trinajstić information content (AvgIpc) is 2.27. The van der Waals surface area contributed by atoms with E-state index in [0.29, 0.717) is 11.3 Å². The molecule has 1 aromatic rings. The smallest absolute Gasteiger partial charge is 0.340 e. The molecule has 0 aliphatic heterocycles. The monoisotopic (exact) mass is 238 g/mol. The van der Waals surface area contributed by atoms with Crippen molar-refractivity contribution in [2.75, 3.05) is 7.11 Å². The van der Waals surface area contributed by atoms with Crippen LogP contribution in [0.25, 0.3) is 0 Å². The van der Waals surface area contributed by atoms with Crippen molar-refractivity contribution in [3.8, 4) is 5.75 Å². The quantitative estimate of drug-likeness (QED) is 0.843. The highest BCUT2D eigenvalue weighted by Gasteiger charge is 2.32. The Hall–Kier alpha value is -1.55. The summed E-state index contributed by atoms with van der Waals surface area (Å²) in [7, 11) is 1.57. The van der Waals surface area contributed by atoms with E-state index in [1.807, 2.05) is 13.8 Å². The number of hydrogen-bond acceptors (Lipinski definition) is 3. The molecular formula is C13H18O4. The predicted molar refractivity (Wildman–Crippen MR) is 64.3 cm³/mol. The van der Waals surface area contributed by atoms with E-state index in [4.69, 9.17) is 9.84 Å². The third kappa shape index (κ3) is 2.58. The Morgan fingerprint density at radius 1 is 1.41 bits per heavy atom. The molecule has 0 aliphatic carbocycles. The standard InChI is InChI=1S/C13H18O4/c1-8(2)10-7-9(5-6-11(10)17-4)13(3,16)12(14)15/h5-8,16H,1-4H3,(H,14,15). The van der Waals surface area contributed by atoms with Gasteiger partial charge in [0.1, 0.15) is 5.75 Å². The lowest BCUT2D eigenvalue weighted by Crippen LogP contribution is -2.31. The molecule has 1 unspecified atom stereocenters. The summed E-state index contributed by atoms with van der Waals surface area (Å²) in [6.45, 7) is 5.23. The largest absolute Gasteiger partial charge is 0.496 e. The molecule has 0 bridgehead atoms. The molecule has 17 heavy (non-hydrogen) atoms. The van der Waals surface area contributed by atoms with Gasteiger partial charge in [0.2, 0.25) is 0 Å². The molecule has 0 saturated carbocycles. The fourth-order valence-corrected chi connectivity index (χ4v) is 1.61. The van der Waals surface area contributed by atoms with Crippen molar-refractivity contribution in [2.45, 2.75) is 32.3 Å². The summed E-state index contributed by atoms with van der Waals surface area (Å²) in [4.78, 5) is 11.0. The van der Waals surface area contributed by atoms with Crippen molar-refractivity contribution in [3.05, 3.63) is 29.3 Å². The summed E-state index contributed by atoms with van der Waals surface area (Å²) >= 11 is 0. The second-order valence-corrected chi connectivity index (χ2v) is 4.49. The SMILES string of the molecule is COc1ccc(C(C)(O)C(=O)O)cc1C(C)C. The van der Waals surface area contributed by atoms with Crippen molar-refractivity contribution >= 4 is 5.97 Å². The van der Waals surface area contributed by atoms with Gasteiger partial charge in [-0.25, -0.2) is 4.79 Å². The van der Waals surface area contributed by atoms with Crippen LogP contribution < -0.4 is 4.74 Å². The molecule has 0 heterocycles. The van der Waals surface area contributed by atoms with E-state index in [-0.39, 0.29) is 5.92 Å². The summed E-state index contributed by atoms with van der Waals surface area (Å²) < 4.78 is 5.21. The molecule has 1 aromatic carbocycles. The van der Waals surface area contributed by atoms with Crippen LogP contribution in [0.1, 0.15) is 37.8 Å². The van der Waals surface area contributed by atoms with Gasteiger partial charge >= 0.3 is 5.97 Å². The van der Waals surface area contributed by atoms with Crippen molar-refractivity contribution in [1.82, 2.24) is 0 Å². The Kier molecular flexibility index (Phi) is 3.78. The van der Waals surface area contributed by atoms with Gasteiger partial charge in [0.15, 0.2) is 5.60 Å². The number of hydrogen-bond donors (Lipinski definition) is 2. The Bertz CT molecular complexity index is 421. The van der Waals surface area contributed by atoms with E-state index in [9.17, 15) is 9.90 Å². The second-order valence-electron chi connectivity index (χ2n) is 4.49. The predicted octanol–water partition coefficient (Wildman–Crippen LogP) is 2.11.